The summed E-state index contributed by atoms with van der Waals surface area (Å²) in [6.45, 7) is 0. The van der Waals surface area contributed by atoms with Crippen molar-refractivity contribution in [2.24, 2.45) is 0 Å². The fourth-order valence-corrected chi connectivity index (χ4v) is 0. The van der Waals surface area contributed by atoms with Gasteiger partial charge in [0, 0.05) is 17.1 Å². The van der Waals surface area contributed by atoms with E-state index in [2.05, 4.69) is 0 Å². The van der Waals surface area contributed by atoms with Crippen molar-refractivity contribution in [3.8, 4) is 0 Å². The van der Waals surface area contributed by atoms with E-state index < -0.39 is 0 Å². The van der Waals surface area contributed by atoms with Gasteiger partial charge in [-0.1, -0.05) is 0 Å². The first kappa shape index (κ1) is 74.8. The maximum Gasteiger partial charge on any atom is 1.00 e. The minimum Gasteiger partial charge on any atom is -0.870 e. The molecule has 0 amide bonds. The third kappa shape index (κ3) is 42.5. The Morgan fingerprint density at radius 2 is 0.571 bits per heavy atom. The molecule has 0 aliphatic heterocycles. The van der Waals surface area contributed by atoms with Crippen LogP contribution < -0.4 is 103 Å². The molecule has 0 aromatic carbocycles. The summed E-state index contributed by atoms with van der Waals surface area (Å²) in [6, 6.07) is 0. The number of hydrogen-bond donors (Lipinski definition) is 0. The van der Waals surface area contributed by atoms with E-state index in [0.29, 0.717) is 0 Å². The maximum absolute atomic E-state index is 0. The van der Waals surface area contributed by atoms with Crippen molar-refractivity contribution >= 4 is 0 Å². The quantitative estimate of drug-likeness (QED) is 0.363. The topological polar surface area (TPSA) is 123 Å². The molecule has 7 heteroatoms. The molecule has 0 unspecified atom stereocenters. The van der Waals surface area contributed by atoms with Crippen molar-refractivity contribution < 1.29 is 142 Å². The average molecular weight is 203 g/mol. The monoisotopic (exact) mass is 203 g/mol. The molecule has 1 radical (unpaired) electrons. The van der Waals surface area contributed by atoms with E-state index in [1.54, 1.807) is 0 Å². The van der Waals surface area contributed by atoms with Gasteiger partial charge in [-0.2, -0.15) is 0 Å². The van der Waals surface area contributed by atoms with Crippen LogP contribution in [-0.4, -0.2) is 21.9 Å². The van der Waals surface area contributed by atoms with E-state index in [-0.39, 0.29) is 142 Å². The molecule has 0 bridgehead atoms. The van der Waals surface area contributed by atoms with Gasteiger partial charge in [0.25, 0.3) is 0 Å². The Bertz CT molecular complexity index is 9.65. The molecule has 0 spiro atoms. The summed E-state index contributed by atoms with van der Waals surface area (Å²) in [6.07, 6.45) is 0. The van der Waals surface area contributed by atoms with Crippen LogP contribution in [0.3, 0.4) is 0 Å². The third-order valence-electron chi connectivity index (χ3n) is 0. The minimum absolute atomic E-state index is 0. The Balaban J connectivity index is 0. The van der Waals surface area contributed by atoms with Crippen LogP contribution in [0.1, 0.15) is 0 Å². The van der Waals surface area contributed by atoms with Gasteiger partial charge < -0.3 is 21.9 Å². The van der Waals surface area contributed by atoms with E-state index in [9.17, 15) is 0 Å². The molecule has 0 atom stereocenters. The largest absolute Gasteiger partial charge is 1.00 e. The molecule has 39 valence electrons. The van der Waals surface area contributed by atoms with Gasteiger partial charge in [-0.05, 0) is 0 Å². The normalized spacial score (nSPS) is 0. The van der Waals surface area contributed by atoms with Crippen molar-refractivity contribution in [3.05, 3.63) is 0 Å². The van der Waals surface area contributed by atoms with Gasteiger partial charge in [-0.25, -0.2) is 0 Å². The molecule has 0 saturated carbocycles. The molecule has 0 aromatic rings. The summed E-state index contributed by atoms with van der Waals surface area (Å²) in [5, 5.41) is 0. The first-order chi connectivity index (χ1) is 0. The number of rotatable bonds is 0. The van der Waals surface area contributed by atoms with Gasteiger partial charge in [0.1, 0.15) is 0 Å². The van der Waals surface area contributed by atoms with Crippen molar-refractivity contribution in [2.45, 2.75) is 0 Å². The van der Waals surface area contributed by atoms with Crippen LogP contribution in [0.4, 0.5) is 0 Å². The number of hydrogen-bond acceptors (Lipinski definition) is 2. The SMILES string of the molecule is O.O.[K+].[K+].[Mn].[OH-].[OH-]. The van der Waals surface area contributed by atoms with Crippen LogP contribution >= 0.6 is 0 Å². The molecule has 6 N–H and O–H groups in total. The van der Waals surface area contributed by atoms with Crippen molar-refractivity contribution in [1.29, 1.82) is 0 Å². The Labute approximate surface area is 138 Å². The molecule has 0 aliphatic rings. The third-order valence-corrected chi connectivity index (χ3v) is 0. The standard InChI is InChI=1S/2K.Mn.4H2O/h;;;4*1H2/q2*+1;;;;;/p-2. The van der Waals surface area contributed by atoms with Gasteiger partial charge >= 0.3 is 103 Å². The summed E-state index contributed by atoms with van der Waals surface area (Å²) >= 11 is 0. The molecule has 0 fully saturated rings. The molecule has 0 heterocycles. The Morgan fingerprint density at radius 3 is 0.571 bits per heavy atom. The zero-order valence-corrected chi connectivity index (χ0v) is 11.7. The Hall–Kier alpha value is 3.63. The molecule has 0 saturated heterocycles. The zero-order valence-electron chi connectivity index (χ0n) is 4.27. The molecular weight excluding hydrogens is 197 g/mol. The first-order valence-electron chi connectivity index (χ1n) is 0. The summed E-state index contributed by atoms with van der Waals surface area (Å²) in [5.41, 5.74) is 0. The van der Waals surface area contributed by atoms with Crippen molar-refractivity contribution in [2.75, 3.05) is 0 Å². The molecule has 7 heavy (non-hydrogen) atoms. The van der Waals surface area contributed by atoms with E-state index >= 15 is 0 Å². The van der Waals surface area contributed by atoms with Crippen LogP contribution in [0.5, 0.6) is 0 Å². The molecule has 0 aliphatic carbocycles. The summed E-state index contributed by atoms with van der Waals surface area (Å²) in [4.78, 5) is 0. The van der Waals surface area contributed by atoms with Crippen LogP contribution in [0.25, 0.3) is 0 Å². The van der Waals surface area contributed by atoms with Gasteiger partial charge in [0.15, 0.2) is 0 Å². The van der Waals surface area contributed by atoms with Crippen molar-refractivity contribution in [3.63, 3.8) is 0 Å². The van der Waals surface area contributed by atoms with Crippen molar-refractivity contribution in [1.82, 2.24) is 0 Å². The van der Waals surface area contributed by atoms with E-state index in [1.807, 2.05) is 0 Å². The average Bonchev–Trinajstić information content (AvgIpc) is 0. The first-order valence-corrected chi connectivity index (χ1v) is 0. The molecule has 4 nitrogen and oxygen atoms in total. The van der Waals surface area contributed by atoms with E-state index in [1.165, 1.54) is 0 Å². The second-order valence-electron chi connectivity index (χ2n) is 0. The summed E-state index contributed by atoms with van der Waals surface area (Å²) in [5.74, 6) is 0. The van der Waals surface area contributed by atoms with Crippen LogP contribution in [0.2, 0.25) is 0 Å². The van der Waals surface area contributed by atoms with Gasteiger partial charge in [0.05, 0.1) is 0 Å². The Morgan fingerprint density at radius 1 is 0.571 bits per heavy atom. The van der Waals surface area contributed by atoms with Gasteiger partial charge in [-0.15, -0.1) is 0 Å². The predicted octanol–water partition coefficient (Wildman–Crippen LogP) is -8.00. The van der Waals surface area contributed by atoms with E-state index in [0.717, 1.165) is 0 Å². The fourth-order valence-electron chi connectivity index (χ4n) is 0. The zero-order chi connectivity index (χ0) is 0. The van der Waals surface area contributed by atoms with Gasteiger partial charge in [0.2, 0.25) is 0 Å². The van der Waals surface area contributed by atoms with Crippen LogP contribution in [0.15, 0.2) is 0 Å². The summed E-state index contributed by atoms with van der Waals surface area (Å²) in [7, 11) is 0. The smallest absolute Gasteiger partial charge is 0.870 e. The molecule has 0 aromatic heterocycles. The van der Waals surface area contributed by atoms with Crippen LogP contribution in [0, 0.1) is 0 Å². The predicted molar refractivity (Wildman–Crippen MR) is 11.1 cm³/mol. The second kappa shape index (κ2) is 54.4. The van der Waals surface area contributed by atoms with Gasteiger partial charge in [-0.3, -0.25) is 0 Å². The minimum atomic E-state index is 0. The Kier molecular flexibility index (Phi) is 581. The maximum atomic E-state index is 0. The summed E-state index contributed by atoms with van der Waals surface area (Å²) < 4.78 is 0. The molecule has 0 rings (SSSR count). The fraction of sp³-hybridized carbons (Fsp3) is 0. The van der Waals surface area contributed by atoms with E-state index in [4.69, 9.17) is 0 Å². The van der Waals surface area contributed by atoms with Crippen LogP contribution in [-0.2, 0) is 17.1 Å². The second-order valence-corrected chi connectivity index (χ2v) is 0. The molecular formula is H6K2MnO4.